The number of aryl methyl sites for hydroxylation is 1. The third-order valence-electron chi connectivity index (χ3n) is 14.8. The fraction of sp³-hybridized carbons (Fsp3) is 0.453. The van der Waals surface area contributed by atoms with E-state index in [4.69, 9.17) is 43.2 Å². The SMILES string of the molecule is COc1cc(/C=C2\SC(=O)N(CCOCCOCCCCOCCCCOCCOCCOc3cc(-c4scnc4C)ccc3CNC(=O)[C@@H]3C[C@@H](O)CN3C(=O)[C@H](C(C)C)N3Cc4ccccc4C3=O)C2=O)ccc1Oc1ccc(C#N)cc1C(F)(F)F. The molecule has 2 fully saturated rings. The van der Waals surface area contributed by atoms with E-state index in [1.807, 2.05) is 51.1 Å². The van der Waals surface area contributed by atoms with Gasteiger partial charge in [0, 0.05) is 63.6 Å². The summed E-state index contributed by atoms with van der Waals surface area (Å²) in [6.07, 6.45) is -0.847. The van der Waals surface area contributed by atoms with E-state index in [0.29, 0.717) is 87.9 Å². The van der Waals surface area contributed by atoms with Crippen molar-refractivity contribution in [1.82, 2.24) is 25.0 Å². The predicted octanol–water partition coefficient (Wildman–Crippen LogP) is 9.83. The van der Waals surface area contributed by atoms with Crippen molar-refractivity contribution in [1.29, 1.82) is 5.26 Å². The van der Waals surface area contributed by atoms with Crippen LogP contribution in [0.25, 0.3) is 16.5 Å². The van der Waals surface area contributed by atoms with Crippen molar-refractivity contribution < 1.29 is 80.1 Å². The number of thioether (sulfide) groups is 1. The number of unbranched alkanes of at least 4 members (excludes halogenated alkanes) is 2. The number of aliphatic hydroxyl groups excluding tert-OH is 1. The summed E-state index contributed by atoms with van der Waals surface area (Å²) in [7, 11) is 1.31. The fourth-order valence-electron chi connectivity index (χ4n) is 10.3. The van der Waals surface area contributed by atoms with Crippen molar-refractivity contribution in [2.24, 2.45) is 5.92 Å². The number of halogens is 3. The minimum absolute atomic E-state index is 0.0162. The Morgan fingerprint density at radius 1 is 0.809 bits per heavy atom. The normalized spacial score (nSPS) is 16.6. The topological polar surface area (TPSA) is 238 Å². The van der Waals surface area contributed by atoms with Gasteiger partial charge in [0.2, 0.25) is 11.8 Å². The molecule has 0 spiro atoms. The summed E-state index contributed by atoms with van der Waals surface area (Å²) >= 11 is 2.27. The molecule has 4 aromatic carbocycles. The van der Waals surface area contributed by atoms with Gasteiger partial charge < -0.3 is 58.1 Å². The first-order valence-corrected chi connectivity index (χ1v) is 31.1. The zero-order valence-electron chi connectivity index (χ0n) is 50.1. The van der Waals surface area contributed by atoms with E-state index in [9.17, 15) is 42.3 Å². The van der Waals surface area contributed by atoms with Crippen molar-refractivity contribution in [3.63, 3.8) is 0 Å². The molecule has 0 bridgehead atoms. The molecule has 1 aromatic heterocycles. The first kappa shape index (κ1) is 67.5. The highest BCUT2D eigenvalue weighted by Crippen LogP contribution is 2.42. The van der Waals surface area contributed by atoms with E-state index >= 15 is 0 Å². The van der Waals surface area contributed by atoms with Gasteiger partial charge in [0.1, 0.15) is 30.2 Å². The zero-order chi connectivity index (χ0) is 63.5. The van der Waals surface area contributed by atoms with Gasteiger partial charge in [-0.1, -0.05) is 50.2 Å². The maximum Gasteiger partial charge on any atom is 0.420 e. The molecule has 3 atom stereocenters. The van der Waals surface area contributed by atoms with Gasteiger partial charge in [-0.3, -0.25) is 28.9 Å². The number of rotatable bonds is 34. The van der Waals surface area contributed by atoms with Crippen molar-refractivity contribution in [2.75, 3.05) is 92.9 Å². The number of alkyl halides is 3. The number of amides is 5. The maximum absolute atomic E-state index is 14.3. The molecule has 3 aliphatic heterocycles. The molecular formula is C64H73F3N6O14S2. The van der Waals surface area contributed by atoms with E-state index in [1.165, 1.54) is 53.7 Å². The number of carbonyl (C=O) groups excluding carboxylic acids is 5. The Kier molecular flexibility index (Phi) is 25.0. The molecular weight excluding hydrogens is 1200 g/mol. The van der Waals surface area contributed by atoms with E-state index in [2.05, 4.69) is 10.3 Å². The number of β-amino-alcohol motifs (C(OH)–C–C–N with tert-alkyl or cyclic N) is 1. The molecule has 0 saturated carbocycles. The number of nitrogens with zero attached hydrogens (tertiary/aromatic N) is 5. The molecule has 89 heavy (non-hydrogen) atoms. The maximum atomic E-state index is 14.3. The van der Waals surface area contributed by atoms with Crippen LogP contribution in [0.3, 0.4) is 0 Å². The first-order chi connectivity index (χ1) is 42.9. The molecule has 25 heteroatoms. The minimum atomic E-state index is -4.78. The van der Waals surface area contributed by atoms with Crippen molar-refractivity contribution in [3.05, 3.63) is 128 Å². The summed E-state index contributed by atoms with van der Waals surface area (Å²) in [6.45, 7) is 10.4. The van der Waals surface area contributed by atoms with Crippen LogP contribution >= 0.6 is 23.1 Å². The lowest BCUT2D eigenvalue weighted by Gasteiger charge is -2.35. The second kappa shape index (κ2) is 32.9. The molecule has 8 rings (SSSR count). The Balaban J connectivity index is 0.646. The van der Waals surface area contributed by atoms with Crippen molar-refractivity contribution >= 4 is 58.0 Å². The second-order valence-corrected chi connectivity index (χ2v) is 23.3. The lowest BCUT2D eigenvalue weighted by atomic mass is 10.0. The van der Waals surface area contributed by atoms with Gasteiger partial charge in [0.15, 0.2) is 11.5 Å². The van der Waals surface area contributed by atoms with Crippen LogP contribution in [0.5, 0.6) is 23.0 Å². The number of imide groups is 1. The van der Waals surface area contributed by atoms with E-state index in [-0.39, 0.29) is 85.6 Å². The number of likely N-dealkylation sites (tertiary alicyclic amines) is 1. The number of methoxy groups -OCH3 is 1. The Hall–Kier alpha value is -7.41. The third-order valence-corrected chi connectivity index (χ3v) is 16.7. The number of hydrogen-bond donors (Lipinski definition) is 2. The Morgan fingerprint density at radius 3 is 2.12 bits per heavy atom. The smallest absolute Gasteiger partial charge is 0.420 e. The second-order valence-electron chi connectivity index (χ2n) is 21.5. The highest BCUT2D eigenvalue weighted by molar-refractivity contribution is 8.18. The highest BCUT2D eigenvalue weighted by Gasteiger charge is 2.46. The Morgan fingerprint density at radius 2 is 1.47 bits per heavy atom. The Bertz CT molecular complexity index is 3340. The van der Waals surface area contributed by atoms with Crippen LogP contribution in [0.4, 0.5) is 18.0 Å². The molecule has 5 aromatic rings. The van der Waals surface area contributed by atoms with Crippen LogP contribution in [-0.2, 0) is 57.3 Å². The largest absolute Gasteiger partial charge is 0.493 e. The summed E-state index contributed by atoms with van der Waals surface area (Å²) in [4.78, 5) is 77.0. The number of aliphatic hydroxyl groups is 1. The molecule has 0 unspecified atom stereocenters. The Labute approximate surface area is 523 Å². The number of hydrogen-bond acceptors (Lipinski definition) is 18. The lowest BCUT2D eigenvalue weighted by molar-refractivity contribution is -0.143. The number of benzene rings is 4. The monoisotopic (exact) mass is 1270 g/mol. The van der Waals surface area contributed by atoms with Gasteiger partial charge in [-0.15, -0.1) is 11.3 Å². The molecule has 0 aliphatic carbocycles. The summed E-state index contributed by atoms with van der Waals surface area (Å²) in [5.74, 6) is -1.68. The van der Waals surface area contributed by atoms with Gasteiger partial charge in [-0.2, -0.15) is 18.4 Å². The van der Waals surface area contributed by atoms with E-state index < -0.39 is 52.7 Å². The zero-order valence-corrected chi connectivity index (χ0v) is 51.7. The van der Waals surface area contributed by atoms with Gasteiger partial charge in [-0.25, -0.2) is 4.98 Å². The van der Waals surface area contributed by atoms with Gasteiger partial charge in [0.25, 0.3) is 17.1 Å². The highest BCUT2D eigenvalue weighted by atomic mass is 32.2. The number of carbonyl (C=O) groups is 5. The molecule has 2 saturated heterocycles. The minimum Gasteiger partial charge on any atom is -0.493 e. The van der Waals surface area contributed by atoms with Gasteiger partial charge in [0.05, 0.1) is 97.6 Å². The summed E-state index contributed by atoms with van der Waals surface area (Å²) in [5, 5.41) is 22.3. The number of aromatic nitrogens is 1. The molecule has 3 aliphatic rings. The van der Waals surface area contributed by atoms with Gasteiger partial charge >= 0.3 is 6.18 Å². The molecule has 476 valence electrons. The summed E-state index contributed by atoms with van der Waals surface area (Å²) in [6, 6.07) is 20.3. The van der Waals surface area contributed by atoms with Crippen LogP contribution in [0.1, 0.15) is 89.8 Å². The number of fused-ring (bicyclic) bond motifs is 1. The number of nitrogens with one attached hydrogen (secondary N) is 1. The van der Waals surface area contributed by atoms with Crippen LogP contribution < -0.4 is 19.5 Å². The van der Waals surface area contributed by atoms with Crippen LogP contribution in [-0.4, -0.2) is 165 Å². The van der Waals surface area contributed by atoms with Crippen LogP contribution in [0.15, 0.2) is 89.3 Å². The van der Waals surface area contributed by atoms with E-state index in [1.54, 1.807) is 28.6 Å². The first-order valence-electron chi connectivity index (χ1n) is 29.4. The quantitative estimate of drug-likeness (QED) is 0.0288. The molecule has 4 heterocycles. The summed E-state index contributed by atoms with van der Waals surface area (Å²) in [5.41, 5.74) is 4.85. The van der Waals surface area contributed by atoms with Crippen LogP contribution in [0.2, 0.25) is 0 Å². The average Bonchev–Trinajstić information content (AvgIpc) is 1.78. The van der Waals surface area contributed by atoms with E-state index in [0.717, 1.165) is 70.1 Å². The molecule has 0 radical (unpaired) electrons. The predicted molar refractivity (Wildman–Crippen MR) is 325 cm³/mol. The molecule has 20 nitrogen and oxygen atoms in total. The summed E-state index contributed by atoms with van der Waals surface area (Å²) < 4.78 is 86.9. The standard InChI is InChI=1S/C64H73F3N6O14S2/c1-41(2)57(73-38-47-11-5-6-12-49(47)60(73)76)62(78)72-39-48(74)35-51(72)59(75)69-37-46-16-15-45(58-42(3)70-40-88-58)34-54(46)86-30-29-85-28-26-83-23-10-8-21-81-20-7-9-22-82-25-27-84-24-19-71-61(77)56(89-63(71)79)33-43-13-18-53(55(32-43)80-4)87-52-17-14-44(36-68)31-50(52)64(65,66)67/h5-6,11-18,31-34,40-41,48,51,57,74H,7-10,19-30,35,37-39H2,1-4H3,(H,69,75)/b56-33-/t48-,51+,57+/m1/s1. The van der Waals surface area contributed by atoms with Crippen molar-refractivity contribution in [2.45, 2.75) is 90.3 Å². The lowest BCUT2D eigenvalue weighted by Crippen LogP contribution is -2.55. The number of nitriles is 1. The molecule has 5 amide bonds. The third kappa shape index (κ3) is 18.4. The fourth-order valence-corrected chi connectivity index (χ4v) is 11.9. The average molecular weight is 1270 g/mol. The van der Waals surface area contributed by atoms with Crippen molar-refractivity contribution in [3.8, 4) is 39.5 Å². The van der Waals surface area contributed by atoms with Crippen LogP contribution in [0, 0.1) is 24.2 Å². The molecule has 2 N–H and O–H groups in total. The number of ether oxygens (including phenoxy) is 8. The number of thiazole rings is 1. The van der Waals surface area contributed by atoms with Gasteiger partial charge in [-0.05, 0) is 116 Å².